The highest BCUT2D eigenvalue weighted by atomic mass is 32.1. The minimum absolute atomic E-state index is 0.137. The van der Waals surface area contributed by atoms with Gasteiger partial charge in [-0.15, -0.1) is 22.7 Å². The number of aldehydes is 1. The minimum atomic E-state index is -0.821. The molecule has 4 aromatic rings. The van der Waals surface area contributed by atoms with Gasteiger partial charge in [0.1, 0.15) is 18.9 Å². The van der Waals surface area contributed by atoms with E-state index in [2.05, 4.69) is 45.1 Å². The van der Waals surface area contributed by atoms with Crippen LogP contribution in [0.3, 0.4) is 0 Å². The van der Waals surface area contributed by atoms with E-state index in [1.807, 2.05) is 66.0 Å². The van der Waals surface area contributed by atoms with Gasteiger partial charge in [-0.3, -0.25) is 9.78 Å². The zero-order chi connectivity index (χ0) is 38.5. The lowest BCUT2D eigenvalue weighted by molar-refractivity contribution is -0.123. The Labute approximate surface area is 326 Å². The van der Waals surface area contributed by atoms with Crippen LogP contribution in [0.15, 0.2) is 77.8 Å². The quantitative estimate of drug-likeness (QED) is 0.0511. The summed E-state index contributed by atoms with van der Waals surface area (Å²) in [5.74, 6) is 0.00545. The molecule has 0 spiro atoms. The van der Waals surface area contributed by atoms with Crippen molar-refractivity contribution < 1.29 is 23.9 Å². The first kappa shape index (κ1) is 42.1. The van der Waals surface area contributed by atoms with Crippen molar-refractivity contribution >= 4 is 47.0 Å². The number of unbranched alkanes of at least 4 members (excludes halogenated alkanes) is 1. The number of carbonyl (C=O) groups excluding carboxylic acids is 4. The van der Waals surface area contributed by atoms with Crippen LogP contribution in [0, 0.1) is 0 Å². The maximum absolute atomic E-state index is 14.1. The fourth-order valence-corrected chi connectivity index (χ4v) is 7.13. The molecule has 0 bridgehead atoms. The van der Waals surface area contributed by atoms with E-state index >= 15 is 0 Å². The summed E-state index contributed by atoms with van der Waals surface area (Å²) in [7, 11) is 1.69. The van der Waals surface area contributed by atoms with Crippen LogP contribution in [0.4, 0.5) is 9.59 Å². The Morgan fingerprint density at radius 3 is 2.13 bits per heavy atom. The number of aromatic nitrogens is 2. The number of urea groups is 1. The summed E-state index contributed by atoms with van der Waals surface area (Å²) in [5.41, 5.74) is 4.62. The lowest BCUT2D eigenvalue weighted by atomic mass is 9.95. The van der Waals surface area contributed by atoms with Crippen molar-refractivity contribution in [1.82, 2.24) is 36.1 Å². The van der Waals surface area contributed by atoms with E-state index in [0.29, 0.717) is 70.5 Å². The monoisotopic (exact) mass is 775 g/mol. The zero-order valence-corrected chi connectivity index (χ0v) is 33.0. The number of amides is 4. The highest BCUT2D eigenvalue weighted by Gasteiger charge is 2.26. The van der Waals surface area contributed by atoms with Gasteiger partial charge in [0.2, 0.25) is 5.91 Å². The third-order valence-electron chi connectivity index (χ3n) is 8.72. The summed E-state index contributed by atoms with van der Waals surface area (Å²) in [5, 5.41) is 15.5. The lowest BCUT2D eigenvalue weighted by Crippen LogP contribution is -2.53. The molecule has 0 aliphatic carbocycles. The average molecular weight is 776 g/mol. The van der Waals surface area contributed by atoms with Crippen molar-refractivity contribution in [2.45, 2.75) is 96.0 Å². The fraction of sp³-hybridized carbons (Fsp3) is 0.450. The molecule has 14 heteroatoms. The van der Waals surface area contributed by atoms with E-state index < -0.39 is 12.1 Å². The fourth-order valence-electron chi connectivity index (χ4n) is 5.80. The Kier molecular flexibility index (Phi) is 18.1. The summed E-state index contributed by atoms with van der Waals surface area (Å²) in [4.78, 5) is 62.4. The summed E-state index contributed by atoms with van der Waals surface area (Å²) in [6.45, 7) is 5.72. The molecule has 0 aliphatic heterocycles. The first-order chi connectivity index (χ1) is 26.2. The highest BCUT2D eigenvalue weighted by molar-refractivity contribution is 7.09. The molecule has 290 valence electrons. The van der Waals surface area contributed by atoms with E-state index in [4.69, 9.17) is 4.74 Å². The molecular weight excluding hydrogens is 723 g/mol. The molecule has 3 unspecified atom stereocenters. The van der Waals surface area contributed by atoms with Crippen molar-refractivity contribution in [3.63, 3.8) is 0 Å². The first-order valence-electron chi connectivity index (χ1n) is 18.5. The number of ether oxygens (including phenoxy) is 1. The van der Waals surface area contributed by atoms with Gasteiger partial charge in [-0.1, -0.05) is 74.5 Å². The number of hydrogen-bond donors (Lipinski definition) is 4. The molecule has 4 rings (SSSR count). The van der Waals surface area contributed by atoms with Gasteiger partial charge < -0.3 is 35.7 Å². The van der Waals surface area contributed by atoms with Gasteiger partial charge in [-0.05, 0) is 62.7 Å². The summed E-state index contributed by atoms with van der Waals surface area (Å²) >= 11 is 2.99. The van der Waals surface area contributed by atoms with Crippen LogP contribution in [0.25, 0.3) is 0 Å². The molecule has 0 fully saturated rings. The molecule has 2 aromatic carbocycles. The van der Waals surface area contributed by atoms with Gasteiger partial charge in [0.25, 0.3) is 0 Å². The Morgan fingerprint density at radius 2 is 1.54 bits per heavy atom. The third kappa shape index (κ3) is 15.4. The second kappa shape index (κ2) is 23.2. The predicted molar refractivity (Wildman–Crippen MR) is 213 cm³/mol. The van der Waals surface area contributed by atoms with Crippen LogP contribution in [0.1, 0.15) is 78.6 Å². The zero-order valence-electron chi connectivity index (χ0n) is 31.4. The molecule has 4 amide bonds. The number of nitrogens with zero attached hydrogens (tertiary/aromatic N) is 3. The van der Waals surface area contributed by atoms with Crippen LogP contribution in [0.2, 0.25) is 0 Å². The van der Waals surface area contributed by atoms with E-state index in [1.165, 1.54) is 16.2 Å². The molecule has 2 aromatic heterocycles. The van der Waals surface area contributed by atoms with Gasteiger partial charge in [-0.2, -0.15) is 0 Å². The number of nitrogens with one attached hydrogen (secondary N) is 4. The smallest absolute Gasteiger partial charge is 0.407 e. The molecule has 4 N–H and O–H groups in total. The Hall–Kier alpha value is -4.66. The minimum Gasteiger partial charge on any atom is -0.444 e. The maximum Gasteiger partial charge on any atom is 0.407 e. The van der Waals surface area contributed by atoms with Crippen LogP contribution in [-0.4, -0.2) is 77.4 Å². The predicted octanol–water partition coefficient (Wildman–Crippen LogP) is 6.24. The number of rotatable bonds is 23. The summed E-state index contributed by atoms with van der Waals surface area (Å²) in [6, 6.07) is 18.1. The van der Waals surface area contributed by atoms with Crippen LogP contribution >= 0.6 is 22.7 Å². The molecule has 12 nitrogen and oxygen atoms in total. The average Bonchev–Trinajstić information content (AvgIpc) is 3.87. The molecular formula is C40H53N7O5S2. The number of alkyl carbamates (subject to hydrolysis) is 1. The number of carbonyl (C=O) groups is 4. The van der Waals surface area contributed by atoms with E-state index in [-0.39, 0.29) is 30.6 Å². The van der Waals surface area contributed by atoms with Gasteiger partial charge >= 0.3 is 12.1 Å². The van der Waals surface area contributed by atoms with E-state index in [0.717, 1.165) is 33.0 Å². The van der Waals surface area contributed by atoms with Crippen LogP contribution in [0.5, 0.6) is 0 Å². The second-order valence-electron chi connectivity index (χ2n) is 13.6. The van der Waals surface area contributed by atoms with Crippen molar-refractivity contribution in [1.29, 1.82) is 0 Å². The molecule has 0 saturated heterocycles. The van der Waals surface area contributed by atoms with Crippen molar-refractivity contribution in [3.05, 3.63) is 104 Å². The van der Waals surface area contributed by atoms with Crippen molar-refractivity contribution in [3.8, 4) is 0 Å². The number of thiazole rings is 2. The van der Waals surface area contributed by atoms with E-state index in [1.54, 1.807) is 30.1 Å². The number of benzene rings is 2. The standard InChI is InChI=1S/C40H53N7O5S2/c1-29(2)38-44-34(27-53-38)25-47(3)39(50)46-36(18-20-41-19-10-11-21-48)37(49)43-32(22-30-12-6-4-7-13-30)16-17-33(23-31-14-8-5-9-15-31)45-40(51)52-26-35-24-42-28-54-35/h4-9,12-15,21,24,27-29,32-33,36,41H,10-11,16-20,22-23,25-26H2,1-3H3,(H,43,49)(H,45,51)(H,46,50). The second-order valence-corrected chi connectivity index (χ2v) is 15.4. The van der Waals surface area contributed by atoms with Crippen LogP contribution < -0.4 is 21.3 Å². The van der Waals surface area contributed by atoms with Gasteiger partial charge in [0, 0.05) is 43.0 Å². The maximum atomic E-state index is 14.1. The Balaban J connectivity index is 1.46. The molecule has 54 heavy (non-hydrogen) atoms. The molecule has 2 heterocycles. The Morgan fingerprint density at radius 1 is 0.870 bits per heavy atom. The topological polar surface area (TPSA) is 155 Å². The normalized spacial score (nSPS) is 12.7. The summed E-state index contributed by atoms with van der Waals surface area (Å²) < 4.78 is 5.51. The van der Waals surface area contributed by atoms with E-state index in [9.17, 15) is 19.2 Å². The lowest BCUT2D eigenvalue weighted by Gasteiger charge is -2.27. The highest BCUT2D eigenvalue weighted by Crippen LogP contribution is 2.20. The number of hydrogen-bond acceptors (Lipinski definition) is 10. The SMILES string of the molecule is CC(C)c1nc(CN(C)C(=O)NC(CCNCCCC=O)C(=O)NC(CCC(Cc2ccccc2)NC(=O)OCc2cncs2)Cc2ccccc2)cs1. The third-order valence-corrected chi connectivity index (χ3v) is 10.7. The Bertz CT molecular complexity index is 1690. The molecule has 0 radical (unpaired) electrons. The molecule has 3 atom stereocenters. The largest absolute Gasteiger partial charge is 0.444 e. The van der Waals surface area contributed by atoms with Gasteiger partial charge in [0.15, 0.2) is 0 Å². The van der Waals surface area contributed by atoms with Gasteiger partial charge in [-0.25, -0.2) is 14.6 Å². The first-order valence-corrected chi connectivity index (χ1v) is 20.2. The molecule has 0 saturated carbocycles. The van der Waals surface area contributed by atoms with Crippen molar-refractivity contribution in [2.75, 3.05) is 20.1 Å². The van der Waals surface area contributed by atoms with Gasteiger partial charge in [0.05, 0.1) is 27.6 Å². The molecule has 0 aliphatic rings. The van der Waals surface area contributed by atoms with Crippen LogP contribution in [-0.2, 0) is 40.3 Å². The van der Waals surface area contributed by atoms with Crippen molar-refractivity contribution in [2.24, 2.45) is 0 Å². The summed E-state index contributed by atoms with van der Waals surface area (Å²) in [6.07, 6.45) is 5.81.